The van der Waals surface area contributed by atoms with Gasteiger partial charge in [-0.3, -0.25) is 14.4 Å². The van der Waals surface area contributed by atoms with Crippen molar-refractivity contribution in [2.75, 3.05) is 13.2 Å². The summed E-state index contributed by atoms with van der Waals surface area (Å²) in [4.78, 5) is 38.4. The number of rotatable bonds is 61. The van der Waals surface area contributed by atoms with Crippen molar-refractivity contribution < 1.29 is 28.6 Å². The van der Waals surface area contributed by atoms with E-state index in [1.807, 2.05) is 0 Å². The van der Waals surface area contributed by atoms with E-state index in [0.717, 1.165) is 128 Å². The number of hydrogen-bond acceptors (Lipinski definition) is 6. The van der Waals surface area contributed by atoms with Crippen LogP contribution < -0.4 is 0 Å². The lowest BCUT2D eigenvalue weighted by atomic mass is 10.0. The van der Waals surface area contributed by atoms with Crippen molar-refractivity contribution in [3.8, 4) is 0 Å². The second kappa shape index (κ2) is 67.6. The number of unbranched alkanes of at least 4 members (excludes halogenated alkanes) is 32. The lowest BCUT2D eigenvalue weighted by molar-refractivity contribution is -0.167. The molecule has 0 aromatic rings. The molecule has 1 atom stereocenters. The first-order valence-corrected chi connectivity index (χ1v) is 33.9. The Morgan fingerprint density at radius 2 is 0.487 bits per heavy atom. The van der Waals surface area contributed by atoms with Gasteiger partial charge in [0.25, 0.3) is 0 Å². The third-order valence-electron chi connectivity index (χ3n) is 14.5. The summed E-state index contributed by atoms with van der Waals surface area (Å²) in [6, 6.07) is 0. The first kappa shape index (κ1) is 76.1. The second-order valence-electron chi connectivity index (χ2n) is 22.4. The highest BCUT2D eigenvalue weighted by molar-refractivity contribution is 5.71. The van der Waals surface area contributed by atoms with E-state index in [0.29, 0.717) is 19.3 Å². The Kier molecular flexibility index (Phi) is 64.3. The van der Waals surface area contributed by atoms with E-state index in [1.165, 1.54) is 154 Å². The highest BCUT2D eigenvalue weighted by atomic mass is 16.6. The predicted octanol–water partition coefficient (Wildman–Crippen LogP) is 23.4. The van der Waals surface area contributed by atoms with Gasteiger partial charge in [-0.25, -0.2) is 0 Å². The van der Waals surface area contributed by atoms with Crippen LogP contribution in [-0.4, -0.2) is 37.2 Å². The van der Waals surface area contributed by atoms with Gasteiger partial charge in [-0.05, 0) is 109 Å². The maximum Gasteiger partial charge on any atom is 0.306 e. The Morgan fingerprint density at radius 1 is 0.263 bits per heavy atom. The standard InChI is InChI=1S/C74H126O6/c1-4-7-10-13-16-19-22-25-28-31-34-36-37-38-41-43-46-49-52-55-58-61-64-67-73(76)79-70-71(69-78-72(75)66-63-60-57-54-51-48-45-42-39-33-30-27-24-21-18-15-12-9-6-3)80-74(77)68-65-62-59-56-53-50-47-44-40-35-32-29-26-23-20-17-14-11-8-5-2/h7,10,16,18-19,21,25,27-28,30,34,36,38-39,41-42,46,49,71H,4-6,8-9,11-15,17,20,22-24,26,29,31-33,35,37,40,43-45,47-48,50-70H2,1-3H3/b10-7-,19-16-,21-18-,28-25-,30-27-,36-34-,41-38-,42-39-,49-46-. The van der Waals surface area contributed by atoms with Crippen molar-refractivity contribution >= 4 is 17.9 Å². The van der Waals surface area contributed by atoms with E-state index in [2.05, 4.69) is 130 Å². The van der Waals surface area contributed by atoms with E-state index in [1.54, 1.807) is 0 Å². The van der Waals surface area contributed by atoms with Crippen LogP contribution in [0.25, 0.3) is 0 Å². The number of carbonyl (C=O) groups excluding carboxylic acids is 3. The zero-order chi connectivity index (χ0) is 57.8. The fraction of sp³-hybridized carbons (Fsp3) is 0.716. The van der Waals surface area contributed by atoms with Crippen LogP contribution in [0.1, 0.15) is 323 Å². The second-order valence-corrected chi connectivity index (χ2v) is 22.4. The van der Waals surface area contributed by atoms with Crippen LogP contribution in [0.4, 0.5) is 0 Å². The normalized spacial score (nSPS) is 12.8. The Hall–Kier alpha value is -3.93. The zero-order valence-electron chi connectivity index (χ0n) is 52.6. The molecule has 1 unspecified atom stereocenters. The smallest absolute Gasteiger partial charge is 0.306 e. The van der Waals surface area contributed by atoms with E-state index >= 15 is 0 Å². The molecule has 6 nitrogen and oxygen atoms in total. The topological polar surface area (TPSA) is 78.9 Å². The van der Waals surface area contributed by atoms with Gasteiger partial charge in [-0.2, -0.15) is 0 Å². The zero-order valence-corrected chi connectivity index (χ0v) is 52.6. The van der Waals surface area contributed by atoms with Crippen molar-refractivity contribution in [3.63, 3.8) is 0 Å². The van der Waals surface area contributed by atoms with Gasteiger partial charge in [0.15, 0.2) is 6.10 Å². The van der Waals surface area contributed by atoms with E-state index in [4.69, 9.17) is 14.2 Å². The van der Waals surface area contributed by atoms with E-state index in [9.17, 15) is 14.4 Å². The summed E-state index contributed by atoms with van der Waals surface area (Å²) in [5, 5.41) is 0. The van der Waals surface area contributed by atoms with Crippen LogP contribution in [0.5, 0.6) is 0 Å². The third-order valence-corrected chi connectivity index (χ3v) is 14.5. The van der Waals surface area contributed by atoms with Gasteiger partial charge in [0, 0.05) is 19.3 Å². The van der Waals surface area contributed by atoms with Crippen molar-refractivity contribution in [1.29, 1.82) is 0 Å². The number of carbonyl (C=O) groups is 3. The molecule has 458 valence electrons. The lowest BCUT2D eigenvalue weighted by Crippen LogP contribution is -2.30. The van der Waals surface area contributed by atoms with Gasteiger partial charge in [-0.1, -0.05) is 304 Å². The van der Waals surface area contributed by atoms with E-state index < -0.39 is 6.10 Å². The maximum atomic E-state index is 13.0. The number of hydrogen-bond donors (Lipinski definition) is 0. The molecule has 0 bridgehead atoms. The fourth-order valence-electron chi connectivity index (χ4n) is 9.45. The number of esters is 3. The van der Waals surface area contributed by atoms with Crippen LogP contribution in [-0.2, 0) is 28.6 Å². The van der Waals surface area contributed by atoms with Crippen LogP contribution in [0, 0.1) is 0 Å². The highest BCUT2D eigenvalue weighted by Gasteiger charge is 2.19. The first-order chi connectivity index (χ1) is 39.5. The Balaban J connectivity index is 4.45. The summed E-state index contributed by atoms with van der Waals surface area (Å²) >= 11 is 0. The summed E-state index contributed by atoms with van der Waals surface area (Å²) in [5.74, 6) is -0.915. The fourth-order valence-corrected chi connectivity index (χ4v) is 9.45. The molecule has 0 saturated heterocycles. The minimum absolute atomic E-state index is 0.0921. The molecule has 0 amide bonds. The first-order valence-electron chi connectivity index (χ1n) is 33.9. The molecule has 0 heterocycles. The van der Waals surface area contributed by atoms with Crippen molar-refractivity contribution in [2.24, 2.45) is 0 Å². The van der Waals surface area contributed by atoms with Crippen LogP contribution in [0.2, 0.25) is 0 Å². The summed E-state index contributed by atoms with van der Waals surface area (Å²) in [7, 11) is 0. The van der Waals surface area contributed by atoms with Gasteiger partial charge >= 0.3 is 17.9 Å². The summed E-state index contributed by atoms with van der Waals surface area (Å²) < 4.78 is 17.0. The molecule has 0 fully saturated rings. The van der Waals surface area contributed by atoms with Crippen molar-refractivity contribution in [1.82, 2.24) is 0 Å². The molecule has 0 rings (SSSR count). The van der Waals surface area contributed by atoms with Gasteiger partial charge in [-0.15, -0.1) is 0 Å². The molecule has 0 spiro atoms. The van der Waals surface area contributed by atoms with Crippen molar-refractivity contribution in [2.45, 2.75) is 329 Å². The molecular formula is C74H126O6. The summed E-state index contributed by atoms with van der Waals surface area (Å²) in [6.07, 6.45) is 92.3. The quantitative estimate of drug-likeness (QED) is 0.0261. The maximum absolute atomic E-state index is 13.0. The molecule has 0 aromatic carbocycles. The average molecular weight is 1110 g/mol. The molecule has 0 aliphatic rings. The largest absolute Gasteiger partial charge is 0.462 e. The molecule has 0 radical (unpaired) electrons. The summed E-state index contributed by atoms with van der Waals surface area (Å²) in [5.41, 5.74) is 0. The SMILES string of the molecule is CC/C=C\C/C=C\C/C=C\C/C=C\C/C=C\C/C=C\CCCCCCC(=O)OCC(COC(=O)CCCCCCCC/C=C\C/C=C\C/C=C\CCCCC)OC(=O)CCCCCCCCCCCCCCCCCCCCCC. The van der Waals surface area contributed by atoms with E-state index in [-0.39, 0.29) is 31.1 Å². The molecule has 6 heteroatoms. The molecule has 0 saturated carbocycles. The van der Waals surface area contributed by atoms with Crippen LogP contribution in [0.15, 0.2) is 109 Å². The Bertz CT molecular complexity index is 1610. The monoisotopic (exact) mass is 1110 g/mol. The van der Waals surface area contributed by atoms with Crippen LogP contribution in [0.3, 0.4) is 0 Å². The average Bonchev–Trinajstić information content (AvgIpc) is 3.46. The minimum atomic E-state index is -0.797. The molecule has 0 aliphatic heterocycles. The van der Waals surface area contributed by atoms with Crippen molar-refractivity contribution in [3.05, 3.63) is 109 Å². The van der Waals surface area contributed by atoms with Crippen LogP contribution >= 0.6 is 0 Å². The summed E-state index contributed by atoms with van der Waals surface area (Å²) in [6.45, 7) is 6.51. The molecule has 0 N–H and O–H groups in total. The van der Waals surface area contributed by atoms with Gasteiger partial charge < -0.3 is 14.2 Å². The lowest BCUT2D eigenvalue weighted by Gasteiger charge is -2.18. The number of allylic oxidation sites excluding steroid dienone is 18. The molecule has 0 aromatic heterocycles. The molecular weight excluding hydrogens is 985 g/mol. The minimum Gasteiger partial charge on any atom is -0.462 e. The Morgan fingerprint density at radius 3 is 0.787 bits per heavy atom. The third kappa shape index (κ3) is 64.9. The van der Waals surface area contributed by atoms with Gasteiger partial charge in [0.1, 0.15) is 13.2 Å². The molecule has 80 heavy (non-hydrogen) atoms. The highest BCUT2D eigenvalue weighted by Crippen LogP contribution is 2.17. The Labute approximate surface area is 495 Å². The predicted molar refractivity (Wildman–Crippen MR) is 348 cm³/mol. The van der Waals surface area contributed by atoms with Gasteiger partial charge in [0.05, 0.1) is 0 Å². The molecule has 0 aliphatic carbocycles. The number of ether oxygens (including phenoxy) is 3. The van der Waals surface area contributed by atoms with Gasteiger partial charge in [0.2, 0.25) is 0 Å².